The highest BCUT2D eigenvalue weighted by Crippen LogP contribution is 2.38. The van der Waals surface area contributed by atoms with Gasteiger partial charge in [0.15, 0.2) is 6.29 Å². The van der Waals surface area contributed by atoms with Crippen molar-refractivity contribution in [3.05, 3.63) is 0 Å². The molecular weight excluding hydrogens is 176 g/mol. The van der Waals surface area contributed by atoms with Crippen molar-refractivity contribution < 1.29 is 9.47 Å². The Kier molecular flexibility index (Phi) is 3.81. The van der Waals surface area contributed by atoms with Gasteiger partial charge < -0.3 is 9.47 Å². The monoisotopic (exact) mass is 192 g/mol. The third-order valence-electron chi connectivity index (χ3n) is 2.54. The highest BCUT2D eigenvalue weighted by atomic mass is 35.5. The van der Waals surface area contributed by atoms with Gasteiger partial charge in [0.05, 0.1) is 4.87 Å². The molecule has 0 amide bonds. The summed E-state index contributed by atoms with van der Waals surface area (Å²) in [6, 6.07) is 0. The lowest BCUT2D eigenvalue weighted by Gasteiger charge is -2.36. The van der Waals surface area contributed by atoms with Crippen LogP contribution in [0.1, 0.15) is 32.1 Å². The van der Waals surface area contributed by atoms with Gasteiger partial charge in [-0.1, -0.05) is 19.3 Å². The van der Waals surface area contributed by atoms with E-state index in [2.05, 4.69) is 0 Å². The molecule has 1 aliphatic carbocycles. The summed E-state index contributed by atoms with van der Waals surface area (Å²) >= 11 is 6.39. The van der Waals surface area contributed by atoms with Gasteiger partial charge in [0, 0.05) is 14.2 Å². The predicted molar refractivity (Wildman–Crippen MR) is 49.5 cm³/mol. The van der Waals surface area contributed by atoms with Gasteiger partial charge in [-0.15, -0.1) is 11.6 Å². The van der Waals surface area contributed by atoms with Gasteiger partial charge in [0.1, 0.15) is 0 Å². The average molecular weight is 193 g/mol. The summed E-state index contributed by atoms with van der Waals surface area (Å²) in [7, 11) is 3.29. The Morgan fingerprint density at radius 2 is 1.58 bits per heavy atom. The molecule has 0 bridgehead atoms. The van der Waals surface area contributed by atoms with Crippen LogP contribution in [0, 0.1) is 0 Å². The van der Waals surface area contributed by atoms with Crippen LogP contribution in [0.15, 0.2) is 0 Å². The maximum atomic E-state index is 6.39. The Hall–Kier alpha value is 0.210. The summed E-state index contributed by atoms with van der Waals surface area (Å²) in [5.41, 5.74) is 0. The van der Waals surface area contributed by atoms with Crippen molar-refractivity contribution in [3.63, 3.8) is 0 Å². The zero-order valence-electron chi connectivity index (χ0n) is 7.81. The summed E-state index contributed by atoms with van der Waals surface area (Å²) in [5, 5.41) is 0. The summed E-state index contributed by atoms with van der Waals surface area (Å²) in [4.78, 5) is -0.276. The Morgan fingerprint density at radius 3 is 2.00 bits per heavy atom. The first-order chi connectivity index (χ1) is 5.73. The van der Waals surface area contributed by atoms with Gasteiger partial charge in [0.2, 0.25) is 0 Å². The molecule has 12 heavy (non-hydrogen) atoms. The van der Waals surface area contributed by atoms with E-state index in [0.717, 1.165) is 12.8 Å². The second-order valence-electron chi connectivity index (χ2n) is 3.40. The number of ether oxygens (including phenoxy) is 2. The van der Waals surface area contributed by atoms with E-state index in [9.17, 15) is 0 Å². The third-order valence-corrected chi connectivity index (χ3v) is 3.09. The molecular formula is C9H17ClO2. The average Bonchev–Trinajstić information content (AvgIpc) is 2.07. The van der Waals surface area contributed by atoms with Crippen molar-refractivity contribution in [1.82, 2.24) is 0 Å². The van der Waals surface area contributed by atoms with E-state index in [-0.39, 0.29) is 11.2 Å². The van der Waals surface area contributed by atoms with Gasteiger partial charge in [-0.2, -0.15) is 0 Å². The Labute approximate surface area is 79.2 Å². The van der Waals surface area contributed by atoms with Crippen LogP contribution in [0.2, 0.25) is 0 Å². The summed E-state index contributed by atoms with van der Waals surface area (Å²) in [6.07, 6.45) is 5.41. The first-order valence-electron chi connectivity index (χ1n) is 4.47. The molecule has 0 unspecified atom stereocenters. The van der Waals surface area contributed by atoms with E-state index in [1.165, 1.54) is 19.3 Å². The lowest BCUT2D eigenvalue weighted by molar-refractivity contribution is -0.133. The van der Waals surface area contributed by atoms with Gasteiger partial charge in [0.25, 0.3) is 0 Å². The van der Waals surface area contributed by atoms with Crippen molar-refractivity contribution in [3.8, 4) is 0 Å². The molecule has 0 spiro atoms. The minimum Gasteiger partial charge on any atom is -0.354 e. The molecule has 1 rings (SSSR count). The molecule has 0 radical (unpaired) electrons. The molecule has 0 heterocycles. The number of rotatable bonds is 3. The van der Waals surface area contributed by atoms with Crippen LogP contribution in [-0.2, 0) is 9.47 Å². The highest BCUT2D eigenvalue weighted by Gasteiger charge is 2.38. The van der Waals surface area contributed by atoms with Crippen molar-refractivity contribution in [1.29, 1.82) is 0 Å². The zero-order valence-corrected chi connectivity index (χ0v) is 8.56. The standard InChI is InChI=1S/C9H17ClO2/c1-11-8(12-2)9(10)6-4-3-5-7-9/h8H,3-7H2,1-2H3. The molecule has 0 aromatic carbocycles. The number of methoxy groups -OCH3 is 2. The Morgan fingerprint density at radius 1 is 1.08 bits per heavy atom. The molecule has 2 nitrogen and oxygen atoms in total. The van der Waals surface area contributed by atoms with Crippen molar-refractivity contribution in [2.45, 2.75) is 43.3 Å². The number of halogens is 1. The van der Waals surface area contributed by atoms with Crippen LogP contribution in [-0.4, -0.2) is 25.4 Å². The lowest BCUT2D eigenvalue weighted by Crippen LogP contribution is -2.41. The van der Waals surface area contributed by atoms with Gasteiger partial charge in [-0.05, 0) is 12.8 Å². The van der Waals surface area contributed by atoms with Crippen LogP contribution >= 0.6 is 11.6 Å². The minimum atomic E-state index is -0.276. The van der Waals surface area contributed by atoms with Crippen LogP contribution in [0.4, 0.5) is 0 Å². The maximum Gasteiger partial charge on any atom is 0.175 e. The van der Waals surface area contributed by atoms with E-state index in [4.69, 9.17) is 21.1 Å². The van der Waals surface area contributed by atoms with Crippen molar-refractivity contribution >= 4 is 11.6 Å². The first-order valence-corrected chi connectivity index (χ1v) is 4.85. The van der Waals surface area contributed by atoms with E-state index >= 15 is 0 Å². The SMILES string of the molecule is COC(OC)C1(Cl)CCCCC1. The molecule has 72 valence electrons. The molecule has 0 aromatic rings. The van der Waals surface area contributed by atoms with Crippen molar-refractivity contribution in [2.24, 2.45) is 0 Å². The molecule has 1 fully saturated rings. The normalized spacial score (nSPS) is 23.0. The van der Waals surface area contributed by atoms with E-state index < -0.39 is 0 Å². The fourth-order valence-corrected chi connectivity index (χ4v) is 2.34. The molecule has 0 atom stereocenters. The lowest BCUT2D eigenvalue weighted by atomic mass is 9.88. The Bertz CT molecular complexity index is 128. The predicted octanol–water partition coefficient (Wildman–Crippen LogP) is 2.55. The molecule has 0 aromatic heterocycles. The highest BCUT2D eigenvalue weighted by molar-refractivity contribution is 6.24. The van der Waals surface area contributed by atoms with Crippen LogP contribution in [0.3, 0.4) is 0 Å². The minimum absolute atomic E-state index is 0.250. The fourth-order valence-electron chi connectivity index (χ4n) is 1.89. The summed E-state index contributed by atoms with van der Waals surface area (Å²) < 4.78 is 10.4. The quantitative estimate of drug-likeness (QED) is 0.506. The molecule has 3 heteroatoms. The van der Waals surface area contributed by atoms with E-state index in [1.54, 1.807) is 14.2 Å². The van der Waals surface area contributed by atoms with Gasteiger partial charge in [-0.25, -0.2) is 0 Å². The summed E-state index contributed by atoms with van der Waals surface area (Å²) in [5.74, 6) is 0. The van der Waals surface area contributed by atoms with Crippen molar-refractivity contribution in [2.75, 3.05) is 14.2 Å². The summed E-state index contributed by atoms with van der Waals surface area (Å²) in [6.45, 7) is 0. The number of hydrogen-bond donors (Lipinski definition) is 0. The number of alkyl halides is 1. The topological polar surface area (TPSA) is 18.5 Å². The second kappa shape index (κ2) is 4.45. The third kappa shape index (κ3) is 2.12. The number of hydrogen-bond acceptors (Lipinski definition) is 2. The fraction of sp³-hybridized carbons (Fsp3) is 1.00. The van der Waals surface area contributed by atoms with E-state index in [0.29, 0.717) is 0 Å². The van der Waals surface area contributed by atoms with E-state index in [1.807, 2.05) is 0 Å². The molecule has 1 aliphatic rings. The zero-order chi connectivity index (χ0) is 9.03. The second-order valence-corrected chi connectivity index (χ2v) is 4.15. The maximum absolute atomic E-state index is 6.39. The largest absolute Gasteiger partial charge is 0.354 e. The molecule has 0 N–H and O–H groups in total. The molecule has 0 saturated heterocycles. The van der Waals surface area contributed by atoms with Crippen LogP contribution in [0.25, 0.3) is 0 Å². The molecule has 1 saturated carbocycles. The van der Waals surface area contributed by atoms with Gasteiger partial charge in [-0.3, -0.25) is 0 Å². The van der Waals surface area contributed by atoms with Gasteiger partial charge >= 0.3 is 0 Å². The Balaban J connectivity index is 2.53. The van der Waals surface area contributed by atoms with Crippen LogP contribution < -0.4 is 0 Å². The first kappa shape index (κ1) is 10.3. The molecule has 0 aliphatic heterocycles. The smallest absolute Gasteiger partial charge is 0.175 e. The van der Waals surface area contributed by atoms with Crippen LogP contribution in [0.5, 0.6) is 0 Å².